The number of hydrogen-bond donors (Lipinski definition) is 2. The van der Waals surface area contributed by atoms with E-state index in [1.165, 1.54) is 18.2 Å². The fraction of sp³-hybridized carbons (Fsp3) is 0.379. The van der Waals surface area contributed by atoms with Crippen LogP contribution in [0.3, 0.4) is 0 Å². The van der Waals surface area contributed by atoms with Crippen LogP contribution >= 0.6 is 22.6 Å². The van der Waals surface area contributed by atoms with E-state index in [1.54, 1.807) is 18.3 Å². The average molecular weight is 670 g/mol. The van der Waals surface area contributed by atoms with E-state index >= 15 is 0 Å². The Morgan fingerprint density at radius 3 is 2.42 bits per heavy atom. The van der Waals surface area contributed by atoms with Crippen molar-refractivity contribution in [1.29, 1.82) is 0 Å². The molecule has 0 aliphatic carbocycles. The van der Waals surface area contributed by atoms with E-state index in [2.05, 4.69) is 47.8 Å². The zero-order valence-electron chi connectivity index (χ0n) is 21.9. The van der Waals surface area contributed by atoms with Crippen molar-refractivity contribution in [3.63, 3.8) is 0 Å². The van der Waals surface area contributed by atoms with Crippen LogP contribution in [-0.4, -0.2) is 54.6 Å². The van der Waals surface area contributed by atoms with Crippen LogP contribution in [0.1, 0.15) is 35.2 Å². The number of urea groups is 1. The van der Waals surface area contributed by atoms with E-state index < -0.39 is 29.9 Å². The standard InChI is InChI=1S/C29H31F4IN4O2/c1-38-14-12-23(13-15-38)36-27(39)37-28(17-20-6-3-2-4-7-20,25-11-10-21(18-34)19-35-25)22-8-5-9-24(16-22)40-29(32,33)26(30)31/h2-11,16,19,23,26H,12-15,17-18H2,1H3,(H2,36,37,39)/t28-/m1/s1. The maximum atomic E-state index is 13.8. The second-order valence-corrected chi connectivity index (χ2v) is 10.7. The van der Waals surface area contributed by atoms with E-state index in [0.717, 1.165) is 37.1 Å². The number of nitrogens with zero attached hydrogens (tertiary/aromatic N) is 2. The third kappa shape index (κ3) is 7.42. The number of carbonyl (C=O) groups is 1. The summed E-state index contributed by atoms with van der Waals surface area (Å²) in [4.78, 5) is 20.4. The predicted octanol–water partition coefficient (Wildman–Crippen LogP) is 6.13. The number of carbonyl (C=O) groups excluding carboxylic acids is 1. The Kier molecular flexibility index (Phi) is 9.88. The smallest absolute Gasteiger partial charge is 0.428 e. The molecule has 2 amide bonds. The summed E-state index contributed by atoms with van der Waals surface area (Å²) in [5.74, 6) is -0.457. The molecule has 1 fully saturated rings. The zero-order valence-corrected chi connectivity index (χ0v) is 24.1. The Morgan fingerprint density at radius 1 is 1.07 bits per heavy atom. The lowest BCUT2D eigenvalue weighted by atomic mass is 9.80. The summed E-state index contributed by atoms with van der Waals surface area (Å²) >= 11 is 2.22. The highest BCUT2D eigenvalue weighted by Gasteiger charge is 2.45. The van der Waals surface area contributed by atoms with Gasteiger partial charge in [-0.05, 0) is 67.9 Å². The van der Waals surface area contributed by atoms with Crippen LogP contribution in [0, 0.1) is 0 Å². The van der Waals surface area contributed by atoms with Crippen molar-refractivity contribution < 1.29 is 27.1 Å². The summed E-state index contributed by atoms with van der Waals surface area (Å²) in [6.07, 6.45) is -5.22. The summed E-state index contributed by atoms with van der Waals surface area (Å²) in [6, 6.07) is 18.0. The number of nitrogens with one attached hydrogen (secondary N) is 2. The molecule has 2 N–H and O–H groups in total. The molecule has 1 saturated heterocycles. The second-order valence-electron chi connectivity index (χ2n) is 9.92. The van der Waals surface area contributed by atoms with Crippen LogP contribution in [0.25, 0.3) is 0 Å². The molecule has 4 rings (SSSR count). The van der Waals surface area contributed by atoms with Gasteiger partial charge in [0.25, 0.3) is 0 Å². The highest BCUT2D eigenvalue weighted by Crippen LogP contribution is 2.36. The third-order valence-electron chi connectivity index (χ3n) is 6.94. The van der Waals surface area contributed by atoms with Crippen molar-refractivity contribution in [1.82, 2.24) is 20.5 Å². The molecule has 0 bridgehead atoms. The highest BCUT2D eigenvalue weighted by atomic mass is 127. The first kappa shape index (κ1) is 30.0. The number of halogens is 5. The van der Waals surface area contributed by atoms with Crippen LogP contribution in [0.15, 0.2) is 72.9 Å². The minimum absolute atomic E-state index is 0.0422. The van der Waals surface area contributed by atoms with E-state index in [0.29, 0.717) is 15.7 Å². The van der Waals surface area contributed by atoms with Crippen molar-refractivity contribution >= 4 is 28.6 Å². The molecule has 11 heteroatoms. The molecule has 2 aromatic carbocycles. The van der Waals surface area contributed by atoms with E-state index in [9.17, 15) is 22.4 Å². The van der Waals surface area contributed by atoms with E-state index in [-0.39, 0.29) is 12.5 Å². The monoisotopic (exact) mass is 670 g/mol. The Hall–Kier alpha value is -2.93. The lowest BCUT2D eigenvalue weighted by Crippen LogP contribution is -2.55. The minimum atomic E-state index is -4.68. The highest BCUT2D eigenvalue weighted by molar-refractivity contribution is 14.1. The van der Waals surface area contributed by atoms with Gasteiger partial charge in [0.05, 0.1) is 5.69 Å². The number of aromatic nitrogens is 1. The van der Waals surface area contributed by atoms with Gasteiger partial charge in [0.1, 0.15) is 11.3 Å². The molecular weight excluding hydrogens is 639 g/mol. The number of ether oxygens (including phenoxy) is 1. The van der Waals surface area contributed by atoms with Gasteiger partial charge in [0, 0.05) is 23.1 Å². The van der Waals surface area contributed by atoms with Gasteiger partial charge in [0.15, 0.2) is 0 Å². The number of hydrogen-bond acceptors (Lipinski definition) is 4. The van der Waals surface area contributed by atoms with Crippen molar-refractivity contribution in [2.24, 2.45) is 0 Å². The zero-order chi connectivity index (χ0) is 28.8. The molecule has 1 atom stereocenters. The molecule has 214 valence electrons. The van der Waals surface area contributed by atoms with Crippen LogP contribution in [-0.2, 0) is 16.4 Å². The topological polar surface area (TPSA) is 66.5 Å². The van der Waals surface area contributed by atoms with Gasteiger partial charge < -0.3 is 20.3 Å². The maximum absolute atomic E-state index is 13.8. The lowest BCUT2D eigenvalue weighted by Gasteiger charge is -2.37. The molecule has 1 aromatic heterocycles. The van der Waals surface area contributed by atoms with Crippen molar-refractivity contribution in [3.8, 4) is 5.75 Å². The largest absolute Gasteiger partial charge is 0.461 e. The number of benzene rings is 2. The lowest BCUT2D eigenvalue weighted by molar-refractivity contribution is -0.253. The SMILES string of the molecule is CN1CCC(NC(=O)N[C@](Cc2ccccc2)(c2cccc(OC(F)(F)C(F)F)c2)c2ccc(CI)cn2)CC1. The molecule has 40 heavy (non-hydrogen) atoms. The maximum Gasteiger partial charge on any atom is 0.461 e. The van der Waals surface area contributed by atoms with Gasteiger partial charge in [-0.3, -0.25) is 4.98 Å². The number of alkyl halides is 5. The van der Waals surface area contributed by atoms with Crippen molar-refractivity contribution in [2.75, 3.05) is 20.1 Å². The normalized spacial score (nSPS) is 16.4. The molecule has 1 aliphatic rings. The van der Waals surface area contributed by atoms with Gasteiger partial charge in [-0.15, -0.1) is 0 Å². The molecule has 1 aliphatic heterocycles. The molecule has 3 aromatic rings. The molecule has 0 unspecified atom stereocenters. The first-order chi connectivity index (χ1) is 19.1. The third-order valence-corrected chi connectivity index (χ3v) is 7.82. The molecule has 0 saturated carbocycles. The number of pyridine rings is 1. The Bertz CT molecular complexity index is 1260. The Morgan fingerprint density at radius 2 is 1.80 bits per heavy atom. The minimum Gasteiger partial charge on any atom is -0.428 e. The first-order valence-electron chi connectivity index (χ1n) is 12.9. The van der Waals surface area contributed by atoms with Gasteiger partial charge in [-0.2, -0.15) is 17.6 Å². The summed E-state index contributed by atoms with van der Waals surface area (Å²) < 4.78 is 58.7. The van der Waals surface area contributed by atoms with Crippen LogP contribution in [0.4, 0.5) is 22.4 Å². The predicted molar refractivity (Wildman–Crippen MR) is 153 cm³/mol. The molecule has 0 spiro atoms. The summed E-state index contributed by atoms with van der Waals surface area (Å²) in [5, 5.41) is 6.16. The van der Waals surface area contributed by atoms with Gasteiger partial charge in [-0.25, -0.2) is 4.79 Å². The van der Waals surface area contributed by atoms with Gasteiger partial charge in [0.2, 0.25) is 0 Å². The summed E-state index contributed by atoms with van der Waals surface area (Å²) in [5.41, 5.74) is 1.27. The Balaban J connectivity index is 1.79. The number of likely N-dealkylation sites (tertiary alicyclic amines) is 1. The molecule has 6 nitrogen and oxygen atoms in total. The summed E-state index contributed by atoms with van der Waals surface area (Å²) in [7, 11) is 2.03. The molecule has 2 heterocycles. The van der Waals surface area contributed by atoms with Crippen LogP contribution in [0.5, 0.6) is 5.75 Å². The van der Waals surface area contributed by atoms with Crippen LogP contribution in [0.2, 0.25) is 0 Å². The Labute approximate surface area is 244 Å². The first-order valence-corrected chi connectivity index (χ1v) is 14.4. The fourth-order valence-corrected chi connectivity index (χ4v) is 5.23. The quantitative estimate of drug-likeness (QED) is 0.155. The summed E-state index contributed by atoms with van der Waals surface area (Å²) in [6.45, 7) is 1.69. The van der Waals surface area contributed by atoms with Crippen molar-refractivity contribution in [3.05, 3.63) is 95.3 Å². The number of piperidine rings is 1. The van der Waals surface area contributed by atoms with Gasteiger partial charge >= 0.3 is 18.6 Å². The van der Waals surface area contributed by atoms with E-state index in [1.807, 2.05) is 43.4 Å². The number of rotatable bonds is 10. The number of amides is 2. The second kappa shape index (κ2) is 13.2. The van der Waals surface area contributed by atoms with Crippen LogP contribution < -0.4 is 15.4 Å². The molecular formula is C29H31F4IN4O2. The fourth-order valence-electron chi connectivity index (χ4n) is 4.77. The van der Waals surface area contributed by atoms with E-state index in [4.69, 9.17) is 0 Å². The average Bonchev–Trinajstić information content (AvgIpc) is 2.94. The molecule has 0 radical (unpaired) electrons. The van der Waals surface area contributed by atoms with Crippen molar-refractivity contribution in [2.45, 2.75) is 47.8 Å². The van der Waals surface area contributed by atoms with Gasteiger partial charge in [-0.1, -0.05) is 71.1 Å².